The molecule has 0 bridgehead atoms. The van der Waals surface area contributed by atoms with Gasteiger partial charge in [-0.3, -0.25) is 14.4 Å². The Hall–Kier alpha value is -4.19. The molecule has 3 amide bonds. The molecule has 0 aliphatic carbocycles. The van der Waals surface area contributed by atoms with Crippen molar-refractivity contribution in [2.45, 2.75) is 10.1 Å². The number of thiophene rings is 1. The van der Waals surface area contributed by atoms with Crippen LogP contribution in [-0.2, 0) is 9.59 Å². The van der Waals surface area contributed by atoms with Crippen LogP contribution in [0.1, 0.15) is 26.0 Å². The Morgan fingerprint density at radius 2 is 1.47 bits per heavy atom. The van der Waals surface area contributed by atoms with Crippen LogP contribution in [0.4, 0.5) is 11.4 Å². The Kier molecular flexibility index (Phi) is 10.4. The highest BCUT2D eigenvalue weighted by Gasteiger charge is 2.23. The number of halogens is 1. The molecule has 0 aliphatic heterocycles. The van der Waals surface area contributed by atoms with Gasteiger partial charge in [0.1, 0.15) is 10.9 Å². The topological polar surface area (TPSA) is 87.3 Å². The number of nitrogens with one attached hydrogen (secondary N) is 3. The van der Waals surface area contributed by atoms with Gasteiger partial charge in [-0.25, -0.2) is 0 Å². The second-order valence-electron chi connectivity index (χ2n) is 9.28. The van der Waals surface area contributed by atoms with Crippen LogP contribution >= 0.6 is 45.7 Å². The molecule has 0 spiro atoms. The van der Waals surface area contributed by atoms with Crippen LogP contribution in [0.5, 0.6) is 0 Å². The molecule has 5 rings (SSSR count). The van der Waals surface area contributed by atoms with Crippen molar-refractivity contribution in [2.24, 2.45) is 0 Å². The van der Waals surface area contributed by atoms with Crippen LogP contribution in [0.15, 0.2) is 137 Å². The minimum absolute atomic E-state index is 0.119. The van der Waals surface area contributed by atoms with E-state index in [1.165, 1.54) is 23.1 Å². The Bertz CT molecular complexity index is 1730. The van der Waals surface area contributed by atoms with Gasteiger partial charge in [-0.05, 0) is 100 Å². The molecule has 9 heteroatoms. The van der Waals surface area contributed by atoms with Crippen molar-refractivity contribution in [3.63, 3.8) is 0 Å². The number of thioether (sulfide) groups is 1. The zero-order chi connectivity index (χ0) is 30.0. The summed E-state index contributed by atoms with van der Waals surface area (Å²) in [6.45, 7) is 0. The lowest BCUT2D eigenvalue weighted by Gasteiger charge is -2.18. The summed E-state index contributed by atoms with van der Waals surface area (Å²) in [5.41, 5.74) is 2.67. The maximum absolute atomic E-state index is 13.5. The number of rotatable bonds is 10. The summed E-state index contributed by atoms with van der Waals surface area (Å²) < 4.78 is 1.08. The van der Waals surface area contributed by atoms with Crippen molar-refractivity contribution < 1.29 is 14.4 Å². The fourth-order valence-corrected chi connectivity index (χ4v) is 6.18. The number of hydrogen-bond acceptors (Lipinski definition) is 5. The fourth-order valence-electron chi connectivity index (χ4n) is 4.08. The summed E-state index contributed by atoms with van der Waals surface area (Å²) >= 11 is 5.07. The average Bonchev–Trinajstić information content (AvgIpc) is 3.55. The Labute approximate surface area is 271 Å². The maximum Gasteiger partial charge on any atom is 0.272 e. The zero-order valence-electron chi connectivity index (χ0n) is 22.7. The van der Waals surface area contributed by atoms with Gasteiger partial charge in [0.2, 0.25) is 5.91 Å². The highest BCUT2D eigenvalue weighted by Crippen LogP contribution is 2.37. The quantitative estimate of drug-likeness (QED) is 0.0773. The van der Waals surface area contributed by atoms with Gasteiger partial charge < -0.3 is 16.0 Å². The molecule has 1 aromatic heterocycles. The van der Waals surface area contributed by atoms with Gasteiger partial charge in [-0.2, -0.15) is 0 Å². The first-order valence-electron chi connectivity index (χ1n) is 13.3. The third-order valence-electron chi connectivity index (χ3n) is 6.16. The van der Waals surface area contributed by atoms with Gasteiger partial charge >= 0.3 is 0 Å². The largest absolute Gasteiger partial charge is 0.325 e. The van der Waals surface area contributed by atoms with Crippen molar-refractivity contribution in [3.8, 4) is 0 Å². The minimum atomic E-state index is -0.536. The van der Waals surface area contributed by atoms with E-state index >= 15 is 0 Å². The molecule has 1 unspecified atom stereocenters. The first kappa shape index (κ1) is 30.3. The molecule has 6 nitrogen and oxygen atoms in total. The molecule has 4 aromatic carbocycles. The lowest BCUT2D eigenvalue weighted by Crippen LogP contribution is -2.30. The Morgan fingerprint density at radius 1 is 0.744 bits per heavy atom. The molecule has 0 radical (unpaired) electrons. The van der Waals surface area contributed by atoms with E-state index in [4.69, 9.17) is 0 Å². The molecule has 214 valence electrons. The number of benzene rings is 4. The minimum Gasteiger partial charge on any atom is -0.325 e. The van der Waals surface area contributed by atoms with Gasteiger partial charge in [0.05, 0.1) is 0 Å². The lowest BCUT2D eigenvalue weighted by atomic mass is 10.1. The predicted molar refractivity (Wildman–Crippen MR) is 184 cm³/mol. The number of hydrogen-bond donors (Lipinski definition) is 3. The first-order valence-corrected chi connectivity index (χ1v) is 16.1. The third-order valence-corrected chi connectivity index (χ3v) is 8.94. The smallest absolute Gasteiger partial charge is 0.272 e. The summed E-state index contributed by atoms with van der Waals surface area (Å²) in [4.78, 5) is 41.4. The van der Waals surface area contributed by atoms with Crippen LogP contribution < -0.4 is 16.0 Å². The molecule has 0 saturated carbocycles. The second kappa shape index (κ2) is 14.8. The van der Waals surface area contributed by atoms with Crippen molar-refractivity contribution in [1.29, 1.82) is 0 Å². The second-order valence-corrected chi connectivity index (χ2v) is 12.7. The molecule has 0 aliphatic rings. The van der Waals surface area contributed by atoms with Crippen molar-refractivity contribution in [3.05, 3.63) is 152 Å². The standard InChI is InChI=1S/C34H26IN3O3S2/c35-25-16-18-26(19-17-25)36-34(41)31(23-9-3-1-4-10-23)43-29-14-7-13-27(21-29)37-33(40)30(22-28-15-8-20-42-28)38-32(39)24-11-5-2-6-12-24/h1-22,31H,(H,36,41)(H,37,40)(H,38,39)/b30-22-. The van der Waals surface area contributed by atoms with E-state index in [0.29, 0.717) is 11.3 Å². The molecule has 1 atom stereocenters. The lowest BCUT2D eigenvalue weighted by molar-refractivity contribution is -0.116. The van der Waals surface area contributed by atoms with Crippen LogP contribution in [0.3, 0.4) is 0 Å². The van der Waals surface area contributed by atoms with Crippen molar-refractivity contribution >= 4 is 80.9 Å². The molecule has 5 aromatic rings. The van der Waals surface area contributed by atoms with Crippen LogP contribution in [0.25, 0.3) is 6.08 Å². The molecule has 0 saturated heterocycles. The van der Waals surface area contributed by atoms with Crippen LogP contribution in [-0.4, -0.2) is 17.7 Å². The summed E-state index contributed by atoms with van der Waals surface area (Å²) in [6, 6.07) is 37.0. The monoisotopic (exact) mass is 715 g/mol. The normalized spacial score (nSPS) is 11.8. The molecule has 0 fully saturated rings. The van der Waals surface area contributed by atoms with E-state index in [1.54, 1.807) is 36.4 Å². The fraction of sp³-hybridized carbons (Fsp3) is 0.0294. The summed E-state index contributed by atoms with van der Waals surface area (Å²) in [6.07, 6.45) is 1.65. The number of carbonyl (C=O) groups is 3. The first-order chi connectivity index (χ1) is 20.9. The zero-order valence-corrected chi connectivity index (χ0v) is 26.5. The van der Waals surface area contributed by atoms with Crippen molar-refractivity contribution in [2.75, 3.05) is 10.6 Å². The van der Waals surface area contributed by atoms with E-state index in [-0.39, 0.29) is 17.5 Å². The Morgan fingerprint density at radius 3 is 2.16 bits per heavy atom. The van der Waals surface area contributed by atoms with E-state index < -0.39 is 11.2 Å². The summed E-state index contributed by atoms with van der Waals surface area (Å²) in [5, 5.41) is 10.1. The SMILES string of the molecule is O=C(Nc1cccc(SC(C(=O)Nc2ccc(I)cc2)c2ccccc2)c1)/C(=C/c1cccs1)NC(=O)c1ccccc1. The Balaban J connectivity index is 1.35. The van der Waals surface area contributed by atoms with Gasteiger partial charge in [-0.15, -0.1) is 23.1 Å². The molecule has 1 heterocycles. The molecule has 3 N–H and O–H groups in total. The highest BCUT2D eigenvalue weighted by molar-refractivity contribution is 14.1. The van der Waals surface area contributed by atoms with Crippen LogP contribution in [0.2, 0.25) is 0 Å². The highest BCUT2D eigenvalue weighted by atomic mass is 127. The summed E-state index contributed by atoms with van der Waals surface area (Å²) in [7, 11) is 0. The molecule has 43 heavy (non-hydrogen) atoms. The maximum atomic E-state index is 13.5. The van der Waals surface area contributed by atoms with E-state index in [0.717, 1.165) is 24.6 Å². The number of amides is 3. The van der Waals surface area contributed by atoms with Crippen molar-refractivity contribution in [1.82, 2.24) is 5.32 Å². The molecular formula is C34H26IN3O3S2. The molecular weight excluding hydrogens is 689 g/mol. The number of anilines is 2. The predicted octanol–water partition coefficient (Wildman–Crippen LogP) is 8.23. The third kappa shape index (κ3) is 8.66. The average molecular weight is 716 g/mol. The van der Waals surface area contributed by atoms with Gasteiger partial charge in [0.25, 0.3) is 11.8 Å². The van der Waals surface area contributed by atoms with E-state index in [9.17, 15) is 14.4 Å². The van der Waals surface area contributed by atoms with Crippen LogP contribution in [0, 0.1) is 3.57 Å². The van der Waals surface area contributed by atoms with E-state index in [2.05, 4.69) is 38.5 Å². The number of carbonyl (C=O) groups excluding carboxylic acids is 3. The van der Waals surface area contributed by atoms with Gasteiger partial charge in [0.15, 0.2) is 0 Å². The summed E-state index contributed by atoms with van der Waals surface area (Å²) in [5.74, 6) is -1.000. The van der Waals surface area contributed by atoms with E-state index in [1.807, 2.05) is 96.4 Å². The van der Waals surface area contributed by atoms with Gasteiger partial charge in [0, 0.05) is 30.3 Å². The van der Waals surface area contributed by atoms with Gasteiger partial charge in [-0.1, -0.05) is 60.7 Å².